The molecular weight excluding hydrogens is 593 g/mol. The van der Waals surface area contributed by atoms with Gasteiger partial charge in [-0.2, -0.15) is 0 Å². The Morgan fingerprint density at radius 1 is 0.881 bits per heavy atom. The Hall–Kier alpha value is -3.07. The van der Waals surface area contributed by atoms with Crippen LogP contribution in [0.2, 0.25) is 10.0 Å². The van der Waals surface area contributed by atoms with Crippen molar-refractivity contribution in [2.45, 2.75) is 65.4 Å². The molecule has 0 saturated heterocycles. The number of benzene rings is 3. The Labute approximate surface area is 259 Å². The van der Waals surface area contributed by atoms with Gasteiger partial charge in [-0.1, -0.05) is 85.4 Å². The van der Waals surface area contributed by atoms with E-state index in [-0.39, 0.29) is 23.3 Å². The number of nitrogens with zero attached hydrogens (tertiary/aromatic N) is 2. The van der Waals surface area contributed by atoms with Gasteiger partial charge in [-0.15, -0.1) is 0 Å². The number of halogens is 2. The molecule has 0 saturated carbocycles. The fourth-order valence-corrected chi connectivity index (χ4v) is 6.41. The van der Waals surface area contributed by atoms with Crippen molar-refractivity contribution in [3.05, 3.63) is 93.0 Å². The van der Waals surface area contributed by atoms with Gasteiger partial charge in [0.15, 0.2) is 0 Å². The SMILES string of the molecule is CC[C@@H](C(=O)NCC(C)C)N(Cc1ccc(Cl)c(Cl)c1)C(=O)CN(c1ccc(C)cc1C)S(=O)(=O)c1ccc(C)cc1. The summed E-state index contributed by atoms with van der Waals surface area (Å²) in [5.74, 6) is -0.618. The van der Waals surface area contributed by atoms with E-state index in [2.05, 4.69) is 5.32 Å². The molecule has 0 unspecified atom stereocenters. The van der Waals surface area contributed by atoms with Crippen LogP contribution < -0.4 is 9.62 Å². The van der Waals surface area contributed by atoms with Crippen LogP contribution in [0, 0.1) is 26.7 Å². The number of carbonyl (C=O) groups excluding carboxylic acids is 2. The molecule has 0 aliphatic carbocycles. The zero-order valence-electron chi connectivity index (χ0n) is 24.9. The van der Waals surface area contributed by atoms with E-state index in [0.29, 0.717) is 39.8 Å². The molecule has 1 atom stereocenters. The van der Waals surface area contributed by atoms with E-state index in [9.17, 15) is 18.0 Å². The van der Waals surface area contributed by atoms with Crippen LogP contribution in [0.1, 0.15) is 49.4 Å². The molecule has 3 rings (SSSR count). The number of hydrogen-bond donors (Lipinski definition) is 1. The van der Waals surface area contributed by atoms with E-state index < -0.39 is 28.5 Å². The molecule has 0 bridgehead atoms. The molecule has 0 heterocycles. The number of aryl methyl sites for hydroxylation is 3. The molecule has 7 nitrogen and oxygen atoms in total. The first-order chi connectivity index (χ1) is 19.7. The lowest BCUT2D eigenvalue weighted by Gasteiger charge is -2.33. The molecule has 0 aromatic heterocycles. The maximum atomic E-state index is 14.2. The van der Waals surface area contributed by atoms with Gasteiger partial charge in [0.1, 0.15) is 12.6 Å². The molecule has 10 heteroatoms. The van der Waals surface area contributed by atoms with E-state index >= 15 is 0 Å². The van der Waals surface area contributed by atoms with E-state index in [4.69, 9.17) is 23.2 Å². The number of hydrogen-bond acceptors (Lipinski definition) is 4. The number of sulfonamides is 1. The number of anilines is 1. The Morgan fingerprint density at radius 2 is 1.52 bits per heavy atom. The fourth-order valence-electron chi connectivity index (χ4n) is 4.61. The van der Waals surface area contributed by atoms with E-state index in [1.54, 1.807) is 36.4 Å². The van der Waals surface area contributed by atoms with Crippen molar-refractivity contribution >= 4 is 50.7 Å². The molecule has 0 fully saturated rings. The van der Waals surface area contributed by atoms with Crippen molar-refractivity contribution in [2.75, 3.05) is 17.4 Å². The molecule has 0 spiro atoms. The van der Waals surface area contributed by atoms with Crippen molar-refractivity contribution in [1.29, 1.82) is 0 Å². The molecule has 0 aliphatic rings. The number of amides is 2. The van der Waals surface area contributed by atoms with Crippen LogP contribution in [0.4, 0.5) is 5.69 Å². The van der Waals surface area contributed by atoms with Crippen LogP contribution in [0.3, 0.4) is 0 Å². The Balaban J connectivity index is 2.09. The van der Waals surface area contributed by atoms with Crippen molar-refractivity contribution in [1.82, 2.24) is 10.2 Å². The van der Waals surface area contributed by atoms with Gasteiger partial charge in [0.2, 0.25) is 11.8 Å². The van der Waals surface area contributed by atoms with Crippen LogP contribution in [0.15, 0.2) is 65.6 Å². The van der Waals surface area contributed by atoms with Gasteiger partial charge in [-0.05, 0) is 74.6 Å². The van der Waals surface area contributed by atoms with Crippen molar-refractivity contribution < 1.29 is 18.0 Å². The second kappa shape index (κ2) is 14.4. The minimum atomic E-state index is -4.15. The molecule has 1 N–H and O–H groups in total. The lowest BCUT2D eigenvalue weighted by Crippen LogP contribution is -2.52. The summed E-state index contributed by atoms with van der Waals surface area (Å²) in [6.07, 6.45) is 0.325. The second-order valence-corrected chi connectivity index (χ2v) is 13.6. The van der Waals surface area contributed by atoms with E-state index in [1.807, 2.05) is 53.7 Å². The fraction of sp³-hybridized carbons (Fsp3) is 0.375. The number of carbonyl (C=O) groups is 2. The summed E-state index contributed by atoms with van der Waals surface area (Å²) < 4.78 is 29.3. The summed E-state index contributed by atoms with van der Waals surface area (Å²) in [6, 6.07) is 16.1. The van der Waals surface area contributed by atoms with Crippen LogP contribution in [-0.2, 0) is 26.2 Å². The molecule has 226 valence electrons. The predicted octanol–water partition coefficient (Wildman–Crippen LogP) is 6.69. The molecule has 3 aromatic rings. The lowest BCUT2D eigenvalue weighted by molar-refractivity contribution is -0.140. The van der Waals surface area contributed by atoms with Gasteiger partial charge in [0.25, 0.3) is 10.0 Å². The first-order valence-corrected chi connectivity index (χ1v) is 16.1. The van der Waals surface area contributed by atoms with Gasteiger partial charge in [-0.3, -0.25) is 13.9 Å². The summed E-state index contributed by atoms with van der Waals surface area (Å²) >= 11 is 12.4. The zero-order valence-corrected chi connectivity index (χ0v) is 27.3. The molecular formula is C32H39Cl2N3O4S. The van der Waals surface area contributed by atoms with Crippen molar-refractivity contribution in [2.24, 2.45) is 5.92 Å². The van der Waals surface area contributed by atoms with Crippen LogP contribution in [-0.4, -0.2) is 44.3 Å². The van der Waals surface area contributed by atoms with Gasteiger partial charge >= 0.3 is 0 Å². The molecule has 2 amide bonds. The monoisotopic (exact) mass is 631 g/mol. The smallest absolute Gasteiger partial charge is 0.264 e. The van der Waals surface area contributed by atoms with E-state index in [1.165, 1.54) is 17.0 Å². The van der Waals surface area contributed by atoms with Gasteiger partial charge in [-0.25, -0.2) is 8.42 Å². The summed E-state index contributed by atoms with van der Waals surface area (Å²) in [7, 11) is -4.15. The van der Waals surface area contributed by atoms with Crippen LogP contribution in [0.5, 0.6) is 0 Å². The quantitative estimate of drug-likeness (QED) is 0.241. The maximum Gasteiger partial charge on any atom is 0.264 e. The summed E-state index contributed by atoms with van der Waals surface area (Å²) in [5.41, 5.74) is 3.63. The largest absolute Gasteiger partial charge is 0.354 e. The van der Waals surface area contributed by atoms with Crippen molar-refractivity contribution in [3.8, 4) is 0 Å². The molecule has 3 aromatic carbocycles. The summed E-state index contributed by atoms with van der Waals surface area (Å²) in [6.45, 7) is 11.4. The summed E-state index contributed by atoms with van der Waals surface area (Å²) in [4.78, 5) is 29.1. The Kier molecular flexibility index (Phi) is 11.5. The van der Waals surface area contributed by atoms with Gasteiger partial charge in [0.05, 0.1) is 20.6 Å². The topological polar surface area (TPSA) is 86.8 Å². The average molecular weight is 633 g/mol. The highest BCUT2D eigenvalue weighted by atomic mass is 35.5. The van der Waals surface area contributed by atoms with Gasteiger partial charge < -0.3 is 10.2 Å². The standard InChI is InChI=1S/C32H39Cl2N3O4S/c1-7-29(32(39)35-18-21(2)3)36(19-25-11-14-27(33)28(34)17-25)31(38)20-37(30-15-10-23(5)16-24(30)6)42(40,41)26-12-8-22(4)9-13-26/h8-17,21,29H,7,18-20H2,1-6H3,(H,35,39)/t29-/m0/s1. The highest BCUT2D eigenvalue weighted by Gasteiger charge is 2.34. The second-order valence-electron chi connectivity index (χ2n) is 10.9. The highest BCUT2D eigenvalue weighted by Crippen LogP contribution is 2.29. The maximum absolute atomic E-state index is 14.2. The normalized spacial score (nSPS) is 12.2. The minimum Gasteiger partial charge on any atom is -0.354 e. The average Bonchev–Trinajstić information content (AvgIpc) is 2.92. The Morgan fingerprint density at radius 3 is 2.10 bits per heavy atom. The Bertz CT molecular complexity index is 1530. The summed E-state index contributed by atoms with van der Waals surface area (Å²) in [5, 5.41) is 3.61. The number of nitrogens with one attached hydrogen (secondary N) is 1. The zero-order chi connectivity index (χ0) is 31.2. The molecule has 0 radical (unpaired) electrons. The predicted molar refractivity (Wildman–Crippen MR) is 171 cm³/mol. The third kappa shape index (κ3) is 8.27. The van der Waals surface area contributed by atoms with Crippen LogP contribution >= 0.6 is 23.2 Å². The van der Waals surface area contributed by atoms with Crippen LogP contribution in [0.25, 0.3) is 0 Å². The highest BCUT2D eigenvalue weighted by molar-refractivity contribution is 7.92. The van der Waals surface area contributed by atoms with Crippen molar-refractivity contribution in [3.63, 3.8) is 0 Å². The third-order valence-electron chi connectivity index (χ3n) is 6.92. The van der Waals surface area contributed by atoms with E-state index in [0.717, 1.165) is 15.4 Å². The minimum absolute atomic E-state index is 0.0363. The third-order valence-corrected chi connectivity index (χ3v) is 9.43. The van der Waals surface area contributed by atoms with Gasteiger partial charge in [0, 0.05) is 13.1 Å². The molecule has 0 aliphatic heterocycles. The first-order valence-electron chi connectivity index (χ1n) is 13.9. The number of rotatable bonds is 12. The molecule has 42 heavy (non-hydrogen) atoms. The lowest BCUT2D eigenvalue weighted by atomic mass is 10.1. The first kappa shape index (κ1) is 33.4.